The predicted octanol–water partition coefficient (Wildman–Crippen LogP) is 1.79. The Balaban J connectivity index is 3.33. The van der Waals surface area contributed by atoms with Crippen molar-refractivity contribution in [3.63, 3.8) is 0 Å². The van der Waals surface area contributed by atoms with Crippen LogP contribution in [-0.4, -0.2) is 37.5 Å². The Morgan fingerprint density at radius 3 is 2.56 bits per heavy atom. The van der Waals surface area contributed by atoms with Crippen molar-refractivity contribution in [3.8, 4) is 0 Å². The molecule has 0 spiro atoms. The molecule has 0 radical (unpaired) electrons. The summed E-state index contributed by atoms with van der Waals surface area (Å²) in [4.78, 5) is -0.161. The minimum atomic E-state index is -3.85. The monoisotopic (exact) mass is 295 g/mol. The summed E-state index contributed by atoms with van der Waals surface area (Å²) >= 11 is 5.77. The van der Waals surface area contributed by atoms with E-state index in [0.29, 0.717) is 0 Å². The number of hydrogen-bond acceptors (Lipinski definition) is 3. The lowest BCUT2D eigenvalue weighted by Crippen LogP contribution is -2.37. The van der Waals surface area contributed by atoms with E-state index in [-0.39, 0.29) is 22.1 Å². The van der Waals surface area contributed by atoms with E-state index in [9.17, 15) is 12.8 Å². The van der Waals surface area contributed by atoms with Gasteiger partial charge in [0.15, 0.2) is 0 Å². The number of aliphatic hydroxyl groups excluding tert-OH is 1. The summed E-state index contributed by atoms with van der Waals surface area (Å²) in [7, 11) is -2.51. The Morgan fingerprint density at radius 2 is 2.06 bits per heavy atom. The molecule has 0 aromatic heterocycles. The summed E-state index contributed by atoms with van der Waals surface area (Å²) < 4.78 is 38.7. The maximum absolute atomic E-state index is 13.2. The molecule has 0 fully saturated rings. The molecular formula is C11H15ClFNO3S. The van der Waals surface area contributed by atoms with Crippen molar-refractivity contribution in [1.82, 2.24) is 4.31 Å². The molecule has 102 valence electrons. The number of likely N-dealkylation sites (N-methyl/N-ethyl adjacent to an activating group) is 1. The van der Waals surface area contributed by atoms with E-state index in [1.807, 2.05) is 0 Å². The molecule has 4 nitrogen and oxygen atoms in total. The highest BCUT2D eigenvalue weighted by atomic mass is 35.5. The fraction of sp³-hybridized carbons (Fsp3) is 0.455. The van der Waals surface area contributed by atoms with Crippen molar-refractivity contribution in [2.75, 3.05) is 13.7 Å². The van der Waals surface area contributed by atoms with Gasteiger partial charge in [-0.3, -0.25) is 0 Å². The Kier molecular flexibility index (Phi) is 4.72. The zero-order valence-electron chi connectivity index (χ0n) is 10.3. The van der Waals surface area contributed by atoms with E-state index in [4.69, 9.17) is 16.7 Å². The van der Waals surface area contributed by atoms with E-state index in [2.05, 4.69) is 0 Å². The molecule has 0 saturated heterocycles. The maximum atomic E-state index is 13.2. The van der Waals surface area contributed by atoms with Gasteiger partial charge in [0.05, 0.1) is 11.6 Å². The van der Waals surface area contributed by atoms with Crippen LogP contribution in [0.4, 0.5) is 4.39 Å². The fourth-order valence-electron chi connectivity index (χ4n) is 1.34. The van der Waals surface area contributed by atoms with Crippen LogP contribution in [0.2, 0.25) is 5.02 Å². The molecule has 0 aliphatic heterocycles. The highest BCUT2D eigenvalue weighted by Crippen LogP contribution is 2.27. The lowest BCUT2D eigenvalue weighted by molar-refractivity contribution is 0.214. The molecule has 1 aromatic rings. The van der Waals surface area contributed by atoms with Crippen LogP contribution in [0.1, 0.15) is 12.5 Å². The standard InChI is InChI=1S/C11H15ClFNO3S/c1-7-4-11(9(12)5-10(7)13)18(16,17)14(3)8(2)6-15/h4-5,8,15H,6H2,1-3H3. The third kappa shape index (κ3) is 2.83. The Morgan fingerprint density at radius 1 is 1.50 bits per heavy atom. The van der Waals surface area contributed by atoms with Crippen LogP contribution in [0.15, 0.2) is 17.0 Å². The van der Waals surface area contributed by atoms with Crippen molar-refractivity contribution in [2.45, 2.75) is 24.8 Å². The second-order valence-corrected chi connectivity index (χ2v) is 6.46. The van der Waals surface area contributed by atoms with Crippen LogP contribution in [0.25, 0.3) is 0 Å². The second-order valence-electron chi connectivity index (χ2n) is 4.08. The number of aliphatic hydroxyl groups is 1. The molecule has 1 rings (SSSR count). The molecule has 0 aliphatic carbocycles. The van der Waals surface area contributed by atoms with Crippen LogP contribution in [0.3, 0.4) is 0 Å². The average molecular weight is 296 g/mol. The Labute approximate surface area is 111 Å². The van der Waals surface area contributed by atoms with Crippen LogP contribution in [0, 0.1) is 12.7 Å². The summed E-state index contributed by atoms with van der Waals surface area (Å²) in [6, 6.07) is 1.57. The van der Waals surface area contributed by atoms with Gasteiger partial charge in [-0.2, -0.15) is 4.31 Å². The van der Waals surface area contributed by atoms with Crippen molar-refractivity contribution in [3.05, 3.63) is 28.5 Å². The summed E-state index contributed by atoms with van der Waals surface area (Å²) in [5.41, 5.74) is 0.197. The highest BCUT2D eigenvalue weighted by Gasteiger charge is 2.27. The van der Waals surface area contributed by atoms with Gasteiger partial charge in [0, 0.05) is 13.1 Å². The zero-order valence-corrected chi connectivity index (χ0v) is 11.9. The zero-order chi connectivity index (χ0) is 14.1. The maximum Gasteiger partial charge on any atom is 0.244 e. The third-order valence-corrected chi connectivity index (χ3v) is 5.19. The van der Waals surface area contributed by atoms with E-state index < -0.39 is 21.9 Å². The van der Waals surface area contributed by atoms with Gasteiger partial charge in [0.1, 0.15) is 10.7 Å². The lowest BCUT2D eigenvalue weighted by atomic mass is 10.2. The Hall–Kier alpha value is -0.690. The van der Waals surface area contributed by atoms with Gasteiger partial charge >= 0.3 is 0 Å². The van der Waals surface area contributed by atoms with Crippen LogP contribution >= 0.6 is 11.6 Å². The molecule has 0 aliphatic rings. The average Bonchev–Trinajstić information content (AvgIpc) is 2.31. The van der Waals surface area contributed by atoms with Gasteiger partial charge in [0.2, 0.25) is 10.0 Å². The third-order valence-electron chi connectivity index (χ3n) is 2.76. The van der Waals surface area contributed by atoms with Gasteiger partial charge < -0.3 is 5.11 Å². The molecule has 1 N–H and O–H groups in total. The second kappa shape index (κ2) is 5.52. The quantitative estimate of drug-likeness (QED) is 0.921. The number of rotatable bonds is 4. The molecule has 0 amide bonds. The highest BCUT2D eigenvalue weighted by molar-refractivity contribution is 7.89. The van der Waals surface area contributed by atoms with Crippen molar-refractivity contribution in [1.29, 1.82) is 0 Å². The molecule has 0 saturated carbocycles. The number of sulfonamides is 1. The van der Waals surface area contributed by atoms with Crippen LogP contribution in [0.5, 0.6) is 0 Å². The van der Waals surface area contributed by atoms with Gasteiger partial charge in [-0.25, -0.2) is 12.8 Å². The van der Waals surface area contributed by atoms with Crippen LogP contribution in [-0.2, 0) is 10.0 Å². The summed E-state index contributed by atoms with van der Waals surface area (Å²) in [5, 5.41) is 8.81. The number of benzene rings is 1. The number of hydrogen-bond donors (Lipinski definition) is 1. The molecular weight excluding hydrogens is 281 g/mol. The molecule has 18 heavy (non-hydrogen) atoms. The first-order valence-corrected chi connectivity index (χ1v) is 7.08. The molecule has 1 atom stereocenters. The Bertz CT molecular complexity index is 547. The van der Waals surface area contributed by atoms with Crippen molar-refractivity contribution in [2.24, 2.45) is 0 Å². The summed E-state index contributed by atoms with van der Waals surface area (Å²) in [6.45, 7) is 2.70. The molecule has 7 heteroatoms. The normalized spacial score (nSPS) is 13.9. The van der Waals surface area contributed by atoms with Gasteiger partial charge in [-0.1, -0.05) is 11.6 Å². The van der Waals surface area contributed by atoms with E-state index in [1.165, 1.54) is 20.0 Å². The SMILES string of the molecule is Cc1cc(S(=O)(=O)N(C)C(C)CO)c(Cl)cc1F. The first-order valence-electron chi connectivity index (χ1n) is 5.26. The largest absolute Gasteiger partial charge is 0.395 e. The fourth-order valence-corrected chi connectivity index (χ4v) is 3.26. The predicted molar refractivity (Wildman–Crippen MR) is 67.6 cm³/mol. The topological polar surface area (TPSA) is 57.6 Å². The molecule has 1 aromatic carbocycles. The molecule has 0 heterocycles. The lowest BCUT2D eigenvalue weighted by Gasteiger charge is -2.23. The summed E-state index contributed by atoms with van der Waals surface area (Å²) in [6.07, 6.45) is 0. The van der Waals surface area contributed by atoms with Crippen LogP contribution < -0.4 is 0 Å². The summed E-state index contributed by atoms with van der Waals surface area (Å²) in [5.74, 6) is -0.559. The smallest absolute Gasteiger partial charge is 0.244 e. The van der Waals surface area contributed by atoms with E-state index in [1.54, 1.807) is 6.92 Å². The number of aryl methyl sites for hydroxylation is 1. The minimum absolute atomic E-state index is 0.161. The number of nitrogens with zero attached hydrogens (tertiary/aromatic N) is 1. The van der Waals surface area contributed by atoms with Gasteiger partial charge in [-0.15, -0.1) is 0 Å². The molecule has 1 unspecified atom stereocenters. The first-order chi connectivity index (χ1) is 8.21. The van der Waals surface area contributed by atoms with Crippen molar-refractivity contribution < 1.29 is 17.9 Å². The van der Waals surface area contributed by atoms with E-state index in [0.717, 1.165) is 10.4 Å². The minimum Gasteiger partial charge on any atom is -0.395 e. The molecule has 0 bridgehead atoms. The van der Waals surface area contributed by atoms with Gasteiger partial charge in [0.25, 0.3) is 0 Å². The van der Waals surface area contributed by atoms with E-state index >= 15 is 0 Å². The first kappa shape index (κ1) is 15.4. The van der Waals surface area contributed by atoms with Gasteiger partial charge in [-0.05, 0) is 31.5 Å². The number of halogens is 2. The van der Waals surface area contributed by atoms with Crippen molar-refractivity contribution >= 4 is 21.6 Å².